The summed E-state index contributed by atoms with van der Waals surface area (Å²) in [6.07, 6.45) is 0. The van der Waals surface area contributed by atoms with Crippen molar-refractivity contribution in [1.82, 2.24) is 5.32 Å². The number of sulfonamides is 1. The quantitative estimate of drug-likeness (QED) is 0.759. The van der Waals surface area contributed by atoms with E-state index in [1.807, 2.05) is 13.8 Å². The van der Waals surface area contributed by atoms with E-state index in [9.17, 15) is 13.2 Å². The second-order valence-electron chi connectivity index (χ2n) is 4.73. The van der Waals surface area contributed by atoms with Crippen LogP contribution in [0, 0.1) is 0 Å². The number of carbonyl (C=O) groups is 1. The normalized spacial score (nSPS) is 15.9. The summed E-state index contributed by atoms with van der Waals surface area (Å²) in [6.45, 7) is 5.12. The van der Waals surface area contributed by atoms with Gasteiger partial charge in [-0.05, 0) is 32.0 Å². The maximum Gasteiger partial charge on any atom is 0.287 e. The molecule has 20 heavy (non-hydrogen) atoms. The van der Waals surface area contributed by atoms with Gasteiger partial charge in [0.2, 0.25) is 11.9 Å². The fraction of sp³-hybridized carbons (Fsp3) is 0.333. The van der Waals surface area contributed by atoms with Gasteiger partial charge in [0, 0.05) is 18.7 Å². The van der Waals surface area contributed by atoms with Gasteiger partial charge in [0.1, 0.15) is 4.90 Å². The average molecular weight is 296 g/mol. The first-order valence-electron chi connectivity index (χ1n) is 6.08. The SMILES string of the molecule is CC(=O)Nc1ccc2c(c1)S(=O)(=O)N=C(NC(C)C)N2. The molecule has 0 aliphatic carbocycles. The molecule has 0 bridgehead atoms. The van der Waals surface area contributed by atoms with E-state index in [0.717, 1.165) is 0 Å². The molecular weight excluding hydrogens is 280 g/mol. The lowest BCUT2D eigenvalue weighted by Crippen LogP contribution is -2.38. The van der Waals surface area contributed by atoms with Gasteiger partial charge < -0.3 is 16.0 Å². The molecule has 1 aliphatic heterocycles. The Morgan fingerprint density at radius 1 is 1.35 bits per heavy atom. The smallest absolute Gasteiger partial charge is 0.287 e. The molecule has 3 N–H and O–H groups in total. The molecule has 0 aromatic heterocycles. The molecule has 1 heterocycles. The summed E-state index contributed by atoms with van der Waals surface area (Å²) < 4.78 is 27.9. The van der Waals surface area contributed by atoms with Crippen LogP contribution in [0.5, 0.6) is 0 Å². The lowest BCUT2D eigenvalue weighted by Gasteiger charge is -2.21. The van der Waals surface area contributed by atoms with E-state index in [1.165, 1.54) is 13.0 Å². The molecule has 0 radical (unpaired) electrons. The molecular formula is C12H16N4O3S. The Morgan fingerprint density at radius 2 is 2.05 bits per heavy atom. The van der Waals surface area contributed by atoms with Gasteiger partial charge in [0.05, 0.1) is 5.69 Å². The highest BCUT2D eigenvalue weighted by atomic mass is 32.2. The highest BCUT2D eigenvalue weighted by Crippen LogP contribution is 2.29. The first kappa shape index (κ1) is 14.3. The second kappa shape index (κ2) is 5.12. The summed E-state index contributed by atoms with van der Waals surface area (Å²) >= 11 is 0. The molecule has 1 aromatic rings. The summed E-state index contributed by atoms with van der Waals surface area (Å²) in [6, 6.07) is 4.65. The Bertz CT molecular complexity index is 680. The number of benzene rings is 1. The third kappa shape index (κ3) is 3.08. The van der Waals surface area contributed by atoms with Gasteiger partial charge in [-0.25, -0.2) is 0 Å². The van der Waals surface area contributed by atoms with Crippen LogP contribution in [0.1, 0.15) is 20.8 Å². The molecule has 108 valence electrons. The molecule has 2 rings (SSSR count). The molecule has 1 aliphatic rings. The van der Waals surface area contributed by atoms with Crippen molar-refractivity contribution in [2.75, 3.05) is 10.6 Å². The van der Waals surface area contributed by atoms with E-state index < -0.39 is 10.0 Å². The summed E-state index contributed by atoms with van der Waals surface area (Å²) in [5.74, 6) is -0.0726. The minimum absolute atomic E-state index is 0.0399. The van der Waals surface area contributed by atoms with Crippen LogP contribution >= 0.6 is 0 Å². The number of hydrogen-bond donors (Lipinski definition) is 3. The Labute approximate surface area is 117 Å². The van der Waals surface area contributed by atoms with Crippen LogP contribution in [0.2, 0.25) is 0 Å². The molecule has 0 saturated heterocycles. The van der Waals surface area contributed by atoms with E-state index in [4.69, 9.17) is 0 Å². The standard InChI is InChI=1S/C12H16N4O3S/c1-7(2)13-12-15-10-5-4-9(14-8(3)17)6-11(10)20(18,19)16-12/h4-7H,1-3H3,(H,14,17)(H2,13,15,16). The van der Waals surface area contributed by atoms with Crippen molar-refractivity contribution >= 4 is 33.3 Å². The van der Waals surface area contributed by atoms with Crippen molar-refractivity contribution in [1.29, 1.82) is 0 Å². The van der Waals surface area contributed by atoms with E-state index in [0.29, 0.717) is 11.4 Å². The van der Waals surface area contributed by atoms with Gasteiger partial charge in [-0.3, -0.25) is 4.79 Å². The average Bonchev–Trinajstić information content (AvgIpc) is 2.27. The van der Waals surface area contributed by atoms with Gasteiger partial charge in [-0.1, -0.05) is 0 Å². The zero-order chi connectivity index (χ0) is 14.9. The lowest BCUT2D eigenvalue weighted by atomic mass is 10.2. The predicted molar refractivity (Wildman–Crippen MR) is 77.3 cm³/mol. The number of anilines is 2. The van der Waals surface area contributed by atoms with Crippen LogP contribution in [0.25, 0.3) is 0 Å². The number of nitrogens with zero attached hydrogens (tertiary/aromatic N) is 1. The number of nitrogens with one attached hydrogen (secondary N) is 3. The van der Waals surface area contributed by atoms with Crippen molar-refractivity contribution in [3.05, 3.63) is 18.2 Å². The first-order chi connectivity index (χ1) is 9.28. The number of fused-ring (bicyclic) bond motifs is 1. The second-order valence-corrected chi connectivity index (χ2v) is 6.30. The summed E-state index contributed by atoms with van der Waals surface area (Å²) in [4.78, 5) is 11.0. The van der Waals surface area contributed by atoms with Gasteiger partial charge >= 0.3 is 0 Å². The number of guanidine groups is 1. The molecule has 0 fully saturated rings. The van der Waals surface area contributed by atoms with Crippen molar-refractivity contribution < 1.29 is 13.2 Å². The minimum atomic E-state index is -3.78. The summed E-state index contributed by atoms with van der Waals surface area (Å²) in [5, 5.41) is 8.37. The molecule has 0 atom stereocenters. The van der Waals surface area contributed by atoms with Gasteiger partial charge in [0.25, 0.3) is 10.0 Å². The number of rotatable bonds is 2. The van der Waals surface area contributed by atoms with Crippen LogP contribution in [0.3, 0.4) is 0 Å². The molecule has 0 spiro atoms. The third-order valence-electron chi connectivity index (χ3n) is 2.47. The Balaban J connectivity index is 2.40. The van der Waals surface area contributed by atoms with Gasteiger partial charge in [0.15, 0.2) is 0 Å². The highest BCUT2D eigenvalue weighted by Gasteiger charge is 2.25. The molecule has 7 nitrogen and oxygen atoms in total. The van der Waals surface area contributed by atoms with Crippen LogP contribution < -0.4 is 16.0 Å². The predicted octanol–water partition coefficient (Wildman–Crippen LogP) is 1.11. The number of amides is 1. The molecule has 8 heteroatoms. The molecule has 0 saturated carbocycles. The molecule has 1 amide bonds. The highest BCUT2D eigenvalue weighted by molar-refractivity contribution is 7.90. The zero-order valence-corrected chi connectivity index (χ0v) is 12.2. The minimum Gasteiger partial charge on any atom is -0.353 e. The fourth-order valence-electron chi connectivity index (χ4n) is 1.78. The maximum absolute atomic E-state index is 12.1. The largest absolute Gasteiger partial charge is 0.353 e. The molecule has 0 unspecified atom stereocenters. The Kier molecular flexibility index (Phi) is 3.67. The van der Waals surface area contributed by atoms with E-state index in [2.05, 4.69) is 20.3 Å². The maximum atomic E-state index is 12.1. The van der Waals surface area contributed by atoms with Crippen molar-refractivity contribution in [2.24, 2.45) is 4.40 Å². The Hall–Kier alpha value is -2.09. The van der Waals surface area contributed by atoms with Crippen molar-refractivity contribution in [3.8, 4) is 0 Å². The first-order valence-corrected chi connectivity index (χ1v) is 7.52. The Morgan fingerprint density at radius 3 is 2.65 bits per heavy atom. The van der Waals surface area contributed by atoms with E-state index >= 15 is 0 Å². The topological polar surface area (TPSA) is 99.7 Å². The van der Waals surface area contributed by atoms with Crippen molar-refractivity contribution in [2.45, 2.75) is 31.7 Å². The molecule has 1 aromatic carbocycles. The summed E-state index contributed by atoms with van der Waals surface area (Å²) in [7, 11) is -3.78. The van der Waals surface area contributed by atoms with Crippen LogP contribution in [0.15, 0.2) is 27.5 Å². The van der Waals surface area contributed by atoms with E-state index in [-0.39, 0.29) is 22.8 Å². The lowest BCUT2D eigenvalue weighted by molar-refractivity contribution is -0.114. The summed E-state index contributed by atoms with van der Waals surface area (Å²) in [5.41, 5.74) is 0.842. The zero-order valence-electron chi connectivity index (χ0n) is 11.4. The number of carbonyl (C=O) groups excluding carboxylic acids is 1. The van der Waals surface area contributed by atoms with Gasteiger partial charge in [-0.15, -0.1) is 4.40 Å². The van der Waals surface area contributed by atoms with Crippen LogP contribution in [0.4, 0.5) is 11.4 Å². The van der Waals surface area contributed by atoms with Crippen LogP contribution in [-0.2, 0) is 14.8 Å². The third-order valence-corrected chi connectivity index (χ3v) is 3.79. The van der Waals surface area contributed by atoms with Gasteiger partial charge in [-0.2, -0.15) is 8.42 Å². The van der Waals surface area contributed by atoms with Crippen LogP contribution in [-0.4, -0.2) is 26.3 Å². The monoisotopic (exact) mass is 296 g/mol. The fourth-order valence-corrected chi connectivity index (χ4v) is 2.89. The van der Waals surface area contributed by atoms with Crippen molar-refractivity contribution in [3.63, 3.8) is 0 Å². The number of hydrogen-bond acceptors (Lipinski definition) is 5. The van der Waals surface area contributed by atoms with E-state index in [1.54, 1.807) is 12.1 Å².